The van der Waals surface area contributed by atoms with Gasteiger partial charge >= 0.3 is 0 Å². The van der Waals surface area contributed by atoms with E-state index in [1.54, 1.807) is 6.92 Å². The molecule has 0 amide bonds. The summed E-state index contributed by atoms with van der Waals surface area (Å²) >= 11 is 0. The van der Waals surface area contributed by atoms with Crippen LogP contribution in [0.4, 0.5) is 0 Å². The third-order valence-corrected chi connectivity index (χ3v) is 2.67. The van der Waals surface area contributed by atoms with E-state index in [-0.39, 0.29) is 18.4 Å². The van der Waals surface area contributed by atoms with Crippen molar-refractivity contribution in [2.45, 2.75) is 31.7 Å². The maximum Gasteiger partial charge on any atom is 0.106 e. The Balaban J connectivity index is 2.63. The standard InChI is InChI=1S/C8H16O4/c1-4-2-5(3-9)7(11)8(12)6(4)10/h4-12H,2-3H2,1H3/t4-,5+,6-,7-,8-/m0/s1. The Hall–Kier alpha value is -0.160. The number of aliphatic hydroxyl groups excluding tert-OH is 4. The molecule has 0 spiro atoms. The first-order valence-corrected chi connectivity index (χ1v) is 4.23. The highest BCUT2D eigenvalue weighted by Crippen LogP contribution is 2.29. The maximum atomic E-state index is 9.36. The lowest BCUT2D eigenvalue weighted by molar-refractivity contribution is -0.138. The summed E-state index contributed by atoms with van der Waals surface area (Å²) in [6, 6.07) is 0. The molecule has 0 aromatic heterocycles. The summed E-state index contributed by atoms with van der Waals surface area (Å²) in [5, 5.41) is 36.8. The Kier molecular flexibility index (Phi) is 3.06. The molecule has 12 heavy (non-hydrogen) atoms. The first-order valence-electron chi connectivity index (χ1n) is 4.23. The van der Waals surface area contributed by atoms with Gasteiger partial charge in [-0.05, 0) is 12.3 Å². The van der Waals surface area contributed by atoms with Gasteiger partial charge in [0.2, 0.25) is 0 Å². The third kappa shape index (κ3) is 1.61. The zero-order chi connectivity index (χ0) is 9.30. The lowest BCUT2D eigenvalue weighted by atomic mass is 9.77. The molecule has 4 nitrogen and oxygen atoms in total. The average Bonchev–Trinajstić information content (AvgIpc) is 2.08. The molecule has 5 atom stereocenters. The lowest BCUT2D eigenvalue weighted by Crippen LogP contribution is -2.51. The molecule has 1 aliphatic rings. The van der Waals surface area contributed by atoms with Gasteiger partial charge in [-0.1, -0.05) is 6.92 Å². The molecule has 1 saturated carbocycles. The van der Waals surface area contributed by atoms with E-state index in [2.05, 4.69) is 0 Å². The molecule has 0 aromatic rings. The van der Waals surface area contributed by atoms with Gasteiger partial charge in [-0.25, -0.2) is 0 Å². The monoisotopic (exact) mass is 176 g/mol. The summed E-state index contributed by atoms with van der Waals surface area (Å²) in [5.74, 6) is -0.376. The van der Waals surface area contributed by atoms with Crippen LogP contribution in [0.15, 0.2) is 0 Å². The largest absolute Gasteiger partial charge is 0.396 e. The van der Waals surface area contributed by atoms with Crippen molar-refractivity contribution >= 4 is 0 Å². The normalized spacial score (nSPS) is 49.2. The van der Waals surface area contributed by atoms with Gasteiger partial charge in [0.05, 0.1) is 12.2 Å². The van der Waals surface area contributed by atoms with Crippen LogP contribution in [0.2, 0.25) is 0 Å². The molecule has 0 radical (unpaired) electrons. The van der Waals surface area contributed by atoms with Crippen molar-refractivity contribution in [2.24, 2.45) is 11.8 Å². The van der Waals surface area contributed by atoms with E-state index in [1.807, 2.05) is 0 Å². The van der Waals surface area contributed by atoms with Crippen LogP contribution in [0.5, 0.6) is 0 Å². The summed E-state index contributed by atoms with van der Waals surface area (Å²) in [5.41, 5.74) is 0. The zero-order valence-electron chi connectivity index (χ0n) is 7.09. The lowest BCUT2D eigenvalue weighted by Gasteiger charge is -2.38. The van der Waals surface area contributed by atoms with Crippen molar-refractivity contribution in [1.82, 2.24) is 0 Å². The molecule has 0 aliphatic heterocycles. The minimum Gasteiger partial charge on any atom is -0.396 e. The van der Waals surface area contributed by atoms with Gasteiger partial charge in [0, 0.05) is 12.5 Å². The van der Waals surface area contributed by atoms with E-state index in [0.717, 1.165) is 0 Å². The fourth-order valence-corrected chi connectivity index (χ4v) is 1.76. The number of rotatable bonds is 1. The van der Waals surface area contributed by atoms with E-state index in [4.69, 9.17) is 5.11 Å². The Morgan fingerprint density at radius 1 is 1.08 bits per heavy atom. The maximum absolute atomic E-state index is 9.36. The summed E-state index contributed by atoms with van der Waals surface area (Å²) in [7, 11) is 0. The molecule has 1 aliphatic carbocycles. The van der Waals surface area contributed by atoms with Gasteiger partial charge in [-0.15, -0.1) is 0 Å². The van der Waals surface area contributed by atoms with Crippen LogP contribution >= 0.6 is 0 Å². The minimum atomic E-state index is -1.12. The summed E-state index contributed by atoms with van der Waals surface area (Å²) in [6.07, 6.45) is -2.44. The second-order valence-electron chi connectivity index (χ2n) is 3.63. The van der Waals surface area contributed by atoms with Crippen molar-refractivity contribution < 1.29 is 20.4 Å². The van der Waals surface area contributed by atoms with E-state index >= 15 is 0 Å². The van der Waals surface area contributed by atoms with Crippen LogP contribution in [0.3, 0.4) is 0 Å². The van der Waals surface area contributed by atoms with Gasteiger partial charge in [0.15, 0.2) is 0 Å². The van der Waals surface area contributed by atoms with Crippen LogP contribution in [0.25, 0.3) is 0 Å². The van der Waals surface area contributed by atoms with Crippen LogP contribution in [0.1, 0.15) is 13.3 Å². The van der Waals surface area contributed by atoms with Gasteiger partial charge in [-0.2, -0.15) is 0 Å². The Morgan fingerprint density at radius 2 is 1.67 bits per heavy atom. The molecule has 0 heterocycles. The third-order valence-electron chi connectivity index (χ3n) is 2.67. The van der Waals surface area contributed by atoms with Crippen LogP contribution in [-0.4, -0.2) is 45.3 Å². The van der Waals surface area contributed by atoms with Gasteiger partial charge < -0.3 is 20.4 Å². The second-order valence-corrected chi connectivity index (χ2v) is 3.63. The Bertz CT molecular complexity index is 145. The second kappa shape index (κ2) is 3.70. The zero-order valence-corrected chi connectivity index (χ0v) is 7.09. The molecule has 4 N–H and O–H groups in total. The molecule has 0 bridgehead atoms. The van der Waals surface area contributed by atoms with E-state index in [9.17, 15) is 15.3 Å². The van der Waals surface area contributed by atoms with E-state index in [1.165, 1.54) is 0 Å². The van der Waals surface area contributed by atoms with Gasteiger partial charge in [0.1, 0.15) is 6.10 Å². The molecule has 1 fully saturated rings. The highest BCUT2D eigenvalue weighted by Gasteiger charge is 2.40. The summed E-state index contributed by atoms with van der Waals surface area (Å²) < 4.78 is 0. The molecule has 1 rings (SSSR count). The van der Waals surface area contributed by atoms with E-state index < -0.39 is 18.3 Å². The van der Waals surface area contributed by atoms with Crippen molar-refractivity contribution in [2.75, 3.05) is 6.61 Å². The Morgan fingerprint density at radius 3 is 2.17 bits per heavy atom. The van der Waals surface area contributed by atoms with Crippen LogP contribution < -0.4 is 0 Å². The molecule has 4 heteroatoms. The van der Waals surface area contributed by atoms with Crippen molar-refractivity contribution in [1.29, 1.82) is 0 Å². The highest BCUT2D eigenvalue weighted by atomic mass is 16.4. The highest BCUT2D eigenvalue weighted by molar-refractivity contribution is 4.90. The molecular formula is C8H16O4. The molecule has 0 aromatic carbocycles. The Labute approximate surface area is 71.5 Å². The molecule has 72 valence electrons. The predicted octanol–water partition coefficient (Wildman–Crippen LogP) is -1.28. The number of aliphatic hydroxyl groups is 4. The van der Waals surface area contributed by atoms with Crippen LogP contribution in [-0.2, 0) is 0 Å². The predicted molar refractivity (Wildman–Crippen MR) is 42.4 cm³/mol. The van der Waals surface area contributed by atoms with Crippen molar-refractivity contribution in [3.05, 3.63) is 0 Å². The first kappa shape index (κ1) is 9.92. The minimum absolute atomic E-state index is 0.0689. The number of hydrogen-bond acceptors (Lipinski definition) is 4. The van der Waals surface area contributed by atoms with Crippen LogP contribution in [0, 0.1) is 11.8 Å². The van der Waals surface area contributed by atoms with Crippen molar-refractivity contribution in [3.8, 4) is 0 Å². The fraction of sp³-hybridized carbons (Fsp3) is 1.00. The topological polar surface area (TPSA) is 80.9 Å². The average molecular weight is 176 g/mol. The quantitative estimate of drug-likeness (QED) is 0.401. The fourth-order valence-electron chi connectivity index (χ4n) is 1.76. The smallest absolute Gasteiger partial charge is 0.106 e. The van der Waals surface area contributed by atoms with Crippen molar-refractivity contribution in [3.63, 3.8) is 0 Å². The number of hydrogen-bond donors (Lipinski definition) is 4. The molecule has 0 saturated heterocycles. The summed E-state index contributed by atoms with van der Waals surface area (Å²) in [6.45, 7) is 1.65. The van der Waals surface area contributed by atoms with Gasteiger partial charge in [-0.3, -0.25) is 0 Å². The van der Waals surface area contributed by atoms with Gasteiger partial charge in [0.25, 0.3) is 0 Å². The first-order chi connectivity index (χ1) is 5.57. The summed E-state index contributed by atoms with van der Waals surface area (Å²) in [4.78, 5) is 0. The molecular weight excluding hydrogens is 160 g/mol. The molecule has 0 unspecified atom stereocenters. The SMILES string of the molecule is C[C@H]1C[C@H](CO)[C@H](O)[C@@H](O)[C@H]1O. The van der Waals surface area contributed by atoms with E-state index in [0.29, 0.717) is 6.42 Å².